The molecule has 2 saturated heterocycles. The zero-order valence-corrected chi connectivity index (χ0v) is 22.8. The Labute approximate surface area is 216 Å². The topological polar surface area (TPSA) is 121 Å². The highest BCUT2D eigenvalue weighted by molar-refractivity contribution is 7.09. The highest BCUT2D eigenvalue weighted by Crippen LogP contribution is 2.47. The number of nitrogens with one attached hydrogen (secondary N) is 1. The normalized spacial score (nSPS) is 37.5. The van der Waals surface area contributed by atoms with E-state index in [1.165, 1.54) is 0 Å². The van der Waals surface area contributed by atoms with Crippen molar-refractivity contribution in [2.24, 2.45) is 11.3 Å². The van der Waals surface area contributed by atoms with Gasteiger partial charge in [0.2, 0.25) is 5.91 Å². The molecule has 2 fully saturated rings. The van der Waals surface area contributed by atoms with E-state index in [-0.39, 0.29) is 30.8 Å². The number of Topliss-reactive ketones (excluding diaryl/α,β-unsaturated/α-hetero) is 1. The smallest absolute Gasteiger partial charge is 0.223 e. The van der Waals surface area contributed by atoms with E-state index in [1.54, 1.807) is 39.0 Å². The van der Waals surface area contributed by atoms with Gasteiger partial charge in [-0.25, -0.2) is 4.98 Å². The monoisotopic (exact) mass is 528 g/mol. The van der Waals surface area contributed by atoms with Gasteiger partial charge in [0.15, 0.2) is 5.06 Å². The fourth-order valence-electron chi connectivity index (χ4n) is 4.48. The average Bonchev–Trinajstić information content (AvgIpc) is 3.22. The Morgan fingerprint density at radius 1 is 1.31 bits per heavy atom. The molecule has 7 atom stereocenters. The summed E-state index contributed by atoms with van der Waals surface area (Å²) in [7, 11) is 0. The zero-order chi connectivity index (χ0) is 26.1. The Hall–Kier alpha value is -1.36. The second-order valence-electron chi connectivity index (χ2n) is 10.3. The second-order valence-corrected chi connectivity index (χ2v) is 12.0. The maximum Gasteiger partial charge on any atom is 0.223 e. The van der Waals surface area contributed by atoms with Gasteiger partial charge in [0.05, 0.1) is 53.5 Å². The van der Waals surface area contributed by atoms with Crippen LogP contribution in [-0.4, -0.2) is 69.0 Å². The summed E-state index contributed by atoms with van der Waals surface area (Å²) in [6.07, 6.45) is -0.711. The predicted molar refractivity (Wildman–Crippen MR) is 135 cm³/mol. The van der Waals surface area contributed by atoms with Crippen molar-refractivity contribution in [2.75, 3.05) is 6.61 Å². The molecule has 1 aromatic rings. The lowest BCUT2D eigenvalue weighted by molar-refractivity contribution is -0.146. The number of halogens is 1. The number of ether oxygens (including phenoxy) is 2. The SMILES string of the molecule is CC(=Cc1csc(C)n1)[C@@H]1C[C@@H]2O[C@]2(Cl)CCO[C@@H](C)[C@@H](O)[C@@H](C)C(=O)C(C)(C)[C@@H](O)CC(=O)N1. The maximum absolute atomic E-state index is 13.2. The number of fused-ring (bicyclic) bond motifs is 1. The summed E-state index contributed by atoms with van der Waals surface area (Å²) < 4.78 is 11.6. The molecule has 0 bridgehead atoms. The van der Waals surface area contributed by atoms with Crippen molar-refractivity contribution in [3.05, 3.63) is 21.7 Å². The van der Waals surface area contributed by atoms with Crippen LogP contribution >= 0.6 is 22.9 Å². The lowest BCUT2D eigenvalue weighted by Gasteiger charge is -2.34. The van der Waals surface area contributed by atoms with Crippen LogP contribution in [0, 0.1) is 18.3 Å². The van der Waals surface area contributed by atoms with Crippen LogP contribution in [0.2, 0.25) is 0 Å². The average molecular weight is 529 g/mol. The van der Waals surface area contributed by atoms with Crippen molar-refractivity contribution in [3.63, 3.8) is 0 Å². The van der Waals surface area contributed by atoms with E-state index in [4.69, 9.17) is 21.1 Å². The summed E-state index contributed by atoms with van der Waals surface area (Å²) in [5, 5.41) is 26.5. The largest absolute Gasteiger partial charge is 0.392 e. The summed E-state index contributed by atoms with van der Waals surface area (Å²) in [4.78, 5) is 30.6. The minimum Gasteiger partial charge on any atom is -0.392 e. The molecule has 3 rings (SSSR count). The Kier molecular flexibility index (Phi) is 8.82. The van der Waals surface area contributed by atoms with Gasteiger partial charge in [-0.1, -0.05) is 32.4 Å². The molecule has 196 valence electrons. The second kappa shape index (κ2) is 10.9. The lowest BCUT2D eigenvalue weighted by Crippen LogP contribution is -2.48. The molecule has 0 radical (unpaired) electrons. The van der Waals surface area contributed by atoms with Crippen molar-refractivity contribution in [3.8, 4) is 0 Å². The third-order valence-corrected chi connectivity index (χ3v) is 8.50. The number of hydrogen-bond acceptors (Lipinski definition) is 8. The molecular weight excluding hydrogens is 492 g/mol. The Morgan fingerprint density at radius 3 is 2.63 bits per heavy atom. The third-order valence-electron chi connectivity index (χ3n) is 7.19. The summed E-state index contributed by atoms with van der Waals surface area (Å²) in [5.41, 5.74) is 0.449. The van der Waals surface area contributed by atoms with Crippen LogP contribution in [0.1, 0.15) is 64.6 Å². The van der Waals surface area contributed by atoms with Gasteiger partial charge in [0, 0.05) is 24.1 Å². The number of nitrogens with zero attached hydrogens (tertiary/aromatic N) is 1. The Morgan fingerprint density at radius 2 is 2.00 bits per heavy atom. The summed E-state index contributed by atoms with van der Waals surface area (Å²) >= 11 is 8.18. The van der Waals surface area contributed by atoms with E-state index in [2.05, 4.69) is 10.3 Å². The highest BCUT2D eigenvalue weighted by atomic mass is 35.5. The van der Waals surface area contributed by atoms with E-state index in [1.807, 2.05) is 25.3 Å². The molecule has 10 heteroatoms. The number of aliphatic hydroxyl groups excluding tert-OH is 2. The van der Waals surface area contributed by atoms with Crippen LogP contribution in [0.15, 0.2) is 11.0 Å². The molecule has 2 aliphatic heterocycles. The summed E-state index contributed by atoms with van der Waals surface area (Å²) in [5.74, 6) is -1.51. The molecule has 0 unspecified atom stereocenters. The van der Waals surface area contributed by atoms with Crippen molar-refractivity contribution in [1.82, 2.24) is 10.3 Å². The van der Waals surface area contributed by atoms with Crippen molar-refractivity contribution in [2.45, 2.75) is 96.3 Å². The number of hydrogen-bond donors (Lipinski definition) is 3. The molecule has 8 nitrogen and oxygen atoms in total. The first-order chi connectivity index (χ1) is 16.2. The van der Waals surface area contributed by atoms with Crippen molar-refractivity contribution in [1.29, 1.82) is 0 Å². The van der Waals surface area contributed by atoms with Crippen molar-refractivity contribution < 1.29 is 29.3 Å². The first-order valence-corrected chi connectivity index (χ1v) is 13.3. The first-order valence-electron chi connectivity index (χ1n) is 12.0. The van der Waals surface area contributed by atoms with Gasteiger partial charge < -0.3 is 25.0 Å². The van der Waals surface area contributed by atoms with E-state index in [0.717, 1.165) is 16.3 Å². The van der Waals surface area contributed by atoms with Crippen LogP contribution in [0.3, 0.4) is 0 Å². The maximum atomic E-state index is 13.2. The molecule has 0 spiro atoms. The number of amides is 1. The fourth-order valence-corrected chi connectivity index (χ4v) is 5.32. The number of aryl methyl sites for hydroxylation is 1. The van der Waals surface area contributed by atoms with E-state index in [9.17, 15) is 19.8 Å². The molecule has 0 aromatic carbocycles. The zero-order valence-electron chi connectivity index (χ0n) is 21.2. The Balaban J connectivity index is 1.85. The van der Waals surface area contributed by atoms with Gasteiger partial charge in [0.25, 0.3) is 0 Å². The molecule has 35 heavy (non-hydrogen) atoms. The quantitative estimate of drug-likeness (QED) is 0.398. The van der Waals surface area contributed by atoms with Gasteiger partial charge in [-0.3, -0.25) is 9.59 Å². The van der Waals surface area contributed by atoms with Gasteiger partial charge in [-0.2, -0.15) is 0 Å². The summed E-state index contributed by atoms with van der Waals surface area (Å²) in [6, 6.07) is -0.394. The van der Waals surface area contributed by atoms with Gasteiger partial charge in [0.1, 0.15) is 11.9 Å². The van der Waals surface area contributed by atoms with Crippen LogP contribution in [-0.2, 0) is 19.1 Å². The number of rotatable bonds is 2. The predicted octanol–water partition coefficient (Wildman–Crippen LogP) is 3.22. The highest BCUT2D eigenvalue weighted by Gasteiger charge is 2.55. The van der Waals surface area contributed by atoms with Crippen molar-refractivity contribution >= 4 is 40.7 Å². The molecule has 0 aliphatic carbocycles. The number of epoxide rings is 1. The van der Waals surface area contributed by atoms with Crippen LogP contribution in [0.5, 0.6) is 0 Å². The number of alkyl halides is 1. The standard InChI is InChI=1S/C25H37ClN2O6S/c1-13(9-17-12-35-16(4)27-17)18-10-20-25(26,34-20)7-8-33-15(3)22(31)14(2)23(32)24(5,6)19(29)11-21(30)28-18/h9,12,14-15,18-20,22,29,31H,7-8,10-11H2,1-6H3,(H,28,30)/t14-,15+,18+,19+,20+,22+,25-/m1/s1. The molecule has 1 aromatic heterocycles. The summed E-state index contributed by atoms with van der Waals surface area (Å²) in [6.45, 7) is 10.6. The molecule has 3 N–H and O–H groups in total. The minimum absolute atomic E-state index is 0.245. The van der Waals surface area contributed by atoms with Crippen LogP contribution in [0.4, 0.5) is 0 Å². The van der Waals surface area contributed by atoms with E-state index >= 15 is 0 Å². The number of thiazole rings is 1. The lowest BCUT2D eigenvalue weighted by atomic mass is 9.74. The van der Waals surface area contributed by atoms with Crippen LogP contribution < -0.4 is 5.32 Å². The molecule has 1 amide bonds. The van der Waals surface area contributed by atoms with E-state index < -0.39 is 40.7 Å². The van der Waals surface area contributed by atoms with Gasteiger partial charge in [-0.15, -0.1) is 11.3 Å². The Bertz CT molecular complexity index is 966. The van der Waals surface area contributed by atoms with Gasteiger partial charge >= 0.3 is 0 Å². The molecule has 2 aliphatic rings. The molecule has 0 saturated carbocycles. The number of carbonyl (C=O) groups is 2. The molecular formula is C25H37ClN2O6S. The van der Waals surface area contributed by atoms with Crippen LogP contribution in [0.25, 0.3) is 6.08 Å². The number of aromatic nitrogens is 1. The fraction of sp³-hybridized carbons (Fsp3) is 0.720. The van der Waals surface area contributed by atoms with Gasteiger partial charge in [-0.05, 0) is 32.4 Å². The number of carbonyl (C=O) groups excluding carboxylic acids is 2. The number of aliphatic hydroxyl groups is 2. The molecule has 3 heterocycles. The minimum atomic E-state index is -1.24. The van der Waals surface area contributed by atoms with E-state index in [0.29, 0.717) is 12.8 Å². The first kappa shape index (κ1) is 28.2. The number of ketones is 1. The third kappa shape index (κ3) is 6.70.